The molecule has 4 nitrogen and oxygen atoms in total. The van der Waals surface area contributed by atoms with Crippen molar-refractivity contribution in [1.82, 2.24) is 15.3 Å². The van der Waals surface area contributed by atoms with Crippen molar-refractivity contribution in [2.24, 2.45) is 0 Å². The lowest BCUT2D eigenvalue weighted by molar-refractivity contribution is 0.775. The number of halogens is 1. The van der Waals surface area contributed by atoms with Gasteiger partial charge in [0.1, 0.15) is 0 Å². The standard InChI is InChI=1S/C9H13ClN4/c1-3-4-11-7(2)14-8-5-12-9(10)13-6-8/h5-6,11,14H,2-4H2,1H3. The van der Waals surface area contributed by atoms with E-state index in [1.165, 1.54) is 0 Å². The zero-order chi connectivity index (χ0) is 10.4. The Morgan fingerprint density at radius 2 is 2.14 bits per heavy atom. The summed E-state index contributed by atoms with van der Waals surface area (Å²) in [5, 5.41) is 6.35. The first-order valence-electron chi connectivity index (χ1n) is 4.39. The van der Waals surface area contributed by atoms with E-state index < -0.39 is 0 Å². The first-order valence-corrected chi connectivity index (χ1v) is 4.77. The first-order chi connectivity index (χ1) is 6.72. The van der Waals surface area contributed by atoms with Gasteiger partial charge in [-0.15, -0.1) is 0 Å². The molecule has 0 atom stereocenters. The van der Waals surface area contributed by atoms with Crippen LogP contribution in [0.2, 0.25) is 5.28 Å². The topological polar surface area (TPSA) is 49.8 Å². The van der Waals surface area contributed by atoms with Gasteiger partial charge >= 0.3 is 0 Å². The molecule has 0 radical (unpaired) electrons. The molecule has 2 N–H and O–H groups in total. The molecule has 0 aliphatic heterocycles. The van der Waals surface area contributed by atoms with E-state index in [9.17, 15) is 0 Å². The van der Waals surface area contributed by atoms with Gasteiger partial charge in [0.05, 0.1) is 23.9 Å². The molecule has 0 unspecified atom stereocenters. The van der Waals surface area contributed by atoms with Crippen molar-refractivity contribution in [2.45, 2.75) is 13.3 Å². The van der Waals surface area contributed by atoms with Crippen molar-refractivity contribution in [3.8, 4) is 0 Å². The van der Waals surface area contributed by atoms with Gasteiger partial charge in [0.2, 0.25) is 5.28 Å². The largest absolute Gasteiger partial charge is 0.372 e. The molecule has 1 rings (SSSR count). The molecule has 14 heavy (non-hydrogen) atoms. The van der Waals surface area contributed by atoms with Crippen LogP contribution in [-0.2, 0) is 0 Å². The minimum absolute atomic E-state index is 0.239. The summed E-state index contributed by atoms with van der Waals surface area (Å²) in [5.74, 6) is 0.734. The Morgan fingerprint density at radius 3 is 2.71 bits per heavy atom. The fourth-order valence-electron chi connectivity index (χ4n) is 0.871. The number of nitrogens with one attached hydrogen (secondary N) is 2. The van der Waals surface area contributed by atoms with Crippen LogP contribution in [0.15, 0.2) is 24.8 Å². The normalized spacial score (nSPS) is 9.57. The Bertz CT molecular complexity index is 296. The molecule has 0 fully saturated rings. The van der Waals surface area contributed by atoms with Crippen LogP contribution < -0.4 is 10.6 Å². The predicted molar refractivity (Wildman–Crippen MR) is 58.1 cm³/mol. The molecule has 1 aromatic heterocycles. The Labute approximate surface area is 88.4 Å². The monoisotopic (exact) mass is 212 g/mol. The molecule has 0 amide bonds. The van der Waals surface area contributed by atoms with E-state index in [1.807, 2.05) is 0 Å². The highest BCUT2D eigenvalue weighted by Gasteiger charge is 1.95. The van der Waals surface area contributed by atoms with Crippen LogP contribution in [0, 0.1) is 0 Å². The van der Waals surface area contributed by atoms with E-state index in [-0.39, 0.29) is 5.28 Å². The van der Waals surface area contributed by atoms with Crippen molar-refractivity contribution in [3.05, 3.63) is 30.1 Å². The number of hydrogen-bond donors (Lipinski definition) is 2. The van der Waals surface area contributed by atoms with Crippen molar-refractivity contribution in [2.75, 3.05) is 11.9 Å². The summed E-state index contributed by atoms with van der Waals surface area (Å²) in [6.07, 6.45) is 4.26. The number of anilines is 1. The van der Waals surface area contributed by atoms with Crippen LogP contribution in [0.25, 0.3) is 0 Å². The van der Waals surface area contributed by atoms with Crippen molar-refractivity contribution >= 4 is 17.3 Å². The SMILES string of the molecule is C=C(NCCC)Nc1cnc(Cl)nc1. The molecule has 0 saturated carbocycles. The molecule has 1 heterocycles. The molecule has 5 heteroatoms. The summed E-state index contributed by atoms with van der Waals surface area (Å²) in [7, 11) is 0. The second kappa shape index (κ2) is 5.44. The highest BCUT2D eigenvalue weighted by atomic mass is 35.5. The second-order valence-corrected chi connectivity index (χ2v) is 3.11. The highest BCUT2D eigenvalue weighted by molar-refractivity contribution is 6.28. The van der Waals surface area contributed by atoms with Crippen LogP contribution in [0.4, 0.5) is 5.69 Å². The Kier molecular flexibility index (Phi) is 4.19. The fraction of sp³-hybridized carbons (Fsp3) is 0.333. The zero-order valence-corrected chi connectivity index (χ0v) is 8.80. The Balaban J connectivity index is 2.44. The molecule has 1 aromatic rings. The number of nitrogens with zero attached hydrogens (tertiary/aromatic N) is 2. The summed E-state index contributed by atoms with van der Waals surface area (Å²) >= 11 is 5.54. The first kappa shape index (κ1) is 10.8. The zero-order valence-electron chi connectivity index (χ0n) is 8.05. The second-order valence-electron chi connectivity index (χ2n) is 2.77. The smallest absolute Gasteiger partial charge is 0.222 e. The van der Waals surface area contributed by atoms with E-state index >= 15 is 0 Å². The number of hydrogen-bond acceptors (Lipinski definition) is 4. The lowest BCUT2D eigenvalue weighted by atomic mass is 10.4. The van der Waals surface area contributed by atoms with Crippen LogP contribution in [0.3, 0.4) is 0 Å². The summed E-state index contributed by atoms with van der Waals surface area (Å²) in [5.41, 5.74) is 0.767. The summed E-state index contributed by atoms with van der Waals surface area (Å²) < 4.78 is 0. The fourth-order valence-corrected chi connectivity index (χ4v) is 0.969. The van der Waals surface area contributed by atoms with Gasteiger partial charge in [-0.1, -0.05) is 13.5 Å². The summed E-state index contributed by atoms with van der Waals surface area (Å²) in [4.78, 5) is 7.67. The van der Waals surface area contributed by atoms with Gasteiger partial charge in [-0.05, 0) is 18.0 Å². The van der Waals surface area contributed by atoms with Crippen molar-refractivity contribution < 1.29 is 0 Å². The maximum Gasteiger partial charge on any atom is 0.222 e. The van der Waals surface area contributed by atoms with Gasteiger partial charge in [-0.3, -0.25) is 0 Å². The third-order valence-corrected chi connectivity index (χ3v) is 1.70. The third-order valence-electron chi connectivity index (χ3n) is 1.50. The number of rotatable bonds is 5. The average molecular weight is 213 g/mol. The minimum Gasteiger partial charge on any atom is -0.372 e. The van der Waals surface area contributed by atoms with Crippen molar-refractivity contribution in [1.29, 1.82) is 0 Å². The van der Waals surface area contributed by atoms with Crippen molar-refractivity contribution in [3.63, 3.8) is 0 Å². The molecule has 0 saturated heterocycles. The van der Waals surface area contributed by atoms with E-state index in [0.717, 1.165) is 24.5 Å². The van der Waals surface area contributed by atoms with Gasteiger partial charge < -0.3 is 10.6 Å². The molecule has 0 spiro atoms. The molecular weight excluding hydrogens is 200 g/mol. The third kappa shape index (κ3) is 3.62. The molecule has 0 aliphatic carbocycles. The van der Waals surface area contributed by atoms with Crippen LogP contribution >= 0.6 is 11.6 Å². The molecular formula is C9H13ClN4. The molecule has 76 valence electrons. The predicted octanol–water partition coefficient (Wildman–Crippen LogP) is 2.01. The van der Waals surface area contributed by atoms with Crippen LogP contribution in [-0.4, -0.2) is 16.5 Å². The maximum atomic E-state index is 5.54. The number of aromatic nitrogens is 2. The molecule has 0 aromatic carbocycles. The lowest BCUT2D eigenvalue weighted by Gasteiger charge is -2.10. The minimum atomic E-state index is 0.239. The van der Waals surface area contributed by atoms with Gasteiger partial charge in [0, 0.05) is 6.54 Å². The van der Waals surface area contributed by atoms with Crippen LogP contribution in [0.1, 0.15) is 13.3 Å². The van der Waals surface area contributed by atoms with Gasteiger partial charge in [-0.25, -0.2) is 9.97 Å². The quantitative estimate of drug-likeness (QED) is 0.734. The molecule has 0 bridgehead atoms. The van der Waals surface area contributed by atoms with Gasteiger partial charge in [0.25, 0.3) is 0 Å². The summed E-state index contributed by atoms with van der Waals surface area (Å²) in [6.45, 7) is 6.78. The lowest BCUT2D eigenvalue weighted by Crippen LogP contribution is -2.19. The van der Waals surface area contributed by atoms with E-state index in [2.05, 4.69) is 34.1 Å². The molecule has 0 aliphatic rings. The van der Waals surface area contributed by atoms with E-state index in [1.54, 1.807) is 12.4 Å². The van der Waals surface area contributed by atoms with E-state index in [0.29, 0.717) is 0 Å². The maximum absolute atomic E-state index is 5.54. The Morgan fingerprint density at radius 1 is 1.50 bits per heavy atom. The highest BCUT2D eigenvalue weighted by Crippen LogP contribution is 2.06. The van der Waals surface area contributed by atoms with Gasteiger partial charge in [-0.2, -0.15) is 0 Å². The van der Waals surface area contributed by atoms with Gasteiger partial charge in [0.15, 0.2) is 0 Å². The summed E-state index contributed by atoms with van der Waals surface area (Å²) in [6, 6.07) is 0. The van der Waals surface area contributed by atoms with E-state index in [4.69, 9.17) is 11.6 Å². The van der Waals surface area contributed by atoms with Crippen LogP contribution in [0.5, 0.6) is 0 Å². The average Bonchev–Trinajstić information content (AvgIpc) is 2.18. The Hall–Kier alpha value is -1.29.